The Balaban J connectivity index is 2.16. The number of halogens is 1. The first-order valence-electron chi connectivity index (χ1n) is 7.14. The van der Waals surface area contributed by atoms with Crippen LogP contribution in [-0.2, 0) is 4.74 Å². The van der Waals surface area contributed by atoms with E-state index in [4.69, 9.17) is 22.1 Å². The van der Waals surface area contributed by atoms with E-state index >= 15 is 0 Å². The first-order chi connectivity index (χ1) is 10.0. The summed E-state index contributed by atoms with van der Waals surface area (Å²) in [6.45, 7) is 1.84. The average molecular weight is 312 g/mol. The third kappa shape index (κ3) is 3.80. The number of nitrogens with two attached hydrogens (primary N) is 1. The predicted octanol–water partition coefficient (Wildman–Crippen LogP) is 2.61. The molecule has 1 unspecified atom stereocenters. The van der Waals surface area contributed by atoms with E-state index < -0.39 is 5.97 Å². The van der Waals surface area contributed by atoms with Gasteiger partial charge in [-0.15, -0.1) is 0 Å². The van der Waals surface area contributed by atoms with Gasteiger partial charge in [0.05, 0.1) is 23.4 Å². The molecule has 0 aliphatic carbocycles. The third-order valence-corrected chi connectivity index (χ3v) is 4.25. The Hall–Kier alpha value is -1.46. The number of hydrogen-bond acceptors (Lipinski definition) is 5. The smallest absolute Gasteiger partial charge is 0.340 e. The zero-order chi connectivity index (χ0) is 15.4. The molecule has 5 nitrogen and oxygen atoms in total. The van der Waals surface area contributed by atoms with Crippen molar-refractivity contribution in [2.75, 3.05) is 38.3 Å². The van der Waals surface area contributed by atoms with E-state index in [1.807, 2.05) is 0 Å². The van der Waals surface area contributed by atoms with Gasteiger partial charge in [0.15, 0.2) is 0 Å². The van der Waals surface area contributed by atoms with E-state index in [-0.39, 0.29) is 0 Å². The molecule has 1 heterocycles. The van der Waals surface area contributed by atoms with Crippen LogP contribution in [-0.4, -0.2) is 44.2 Å². The lowest BCUT2D eigenvalue weighted by Crippen LogP contribution is -2.41. The molecule has 0 spiro atoms. The highest BCUT2D eigenvalue weighted by atomic mass is 35.5. The second-order valence-corrected chi connectivity index (χ2v) is 5.84. The van der Waals surface area contributed by atoms with Crippen molar-refractivity contribution in [1.82, 2.24) is 4.90 Å². The highest BCUT2D eigenvalue weighted by Crippen LogP contribution is 2.30. The Morgan fingerprint density at radius 2 is 2.29 bits per heavy atom. The largest absolute Gasteiger partial charge is 0.465 e. The Kier molecular flexibility index (Phi) is 5.31. The molecule has 0 amide bonds. The fourth-order valence-corrected chi connectivity index (χ4v) is 2.99. The number of benzene rings is 1. The normalized spacial score (nSPS) is 19.3. The van der Waals surface area contributed by atoms with Gasteiger partial charge in [-0.2, -0.15) is 0 Å². The van der Waals surface area contributed by atoms with Crippen LogP contribution < -0.4 is 11.1 Å². The number of ether oxygens (including phenoxy) is 1. The summed E-state index contributed by atoms with van der Waals surface area (Å²) in [4.78, 5) is 14.2. The molecular formula is C15H22ClN3O2. The molecule has 1 saturated heterocycles. The van der Waals surface area contributed by atoms with Crippen LogP contribution in [0.5, 0.6) is 0 Å². The SMILES string of the molecule is COC(=O)c1cc(N)cc(Cl)c1NCC1CCCCN1C. The van der Waals surface area contributed by atoms with Gasteiger partial charge >= 0.3 is 5.97 Å². The minimum absolute atomic E-state index is 0.376. The van der Waals surface area contributed by atoms with Crippen LogP contribution in [0.15, 0.2) is 12.1 Å². The van der Waals surface area contributed by atoms with E-state index in [1.165, 1.54) is 20.0 Å². The van der Waals surface area contributed by atoms with Crippen molar-refractivity contribution in [3.63, 3.8) is 0 Å². The summed E-state index contributed by atoms with van der Waals surface area (Å²) in [6.07, 6.45) is 3.61. The van der Waals surface area contributed by atoms with Crippen molar-refractivity contribution < 1.29 is 9.53 Å². The number of methoxy groups -OCH3 is 1. The Morgan fingerprint density at radius 3 is 2.95 bits per heavy atom. The topological polar surface area (TPSA) is 67.6 Å². The van der Waals surface area contributed by atoms with Gasteiger partial charge in [0.2, 0.25) is 0 Å². The molecular weight excluding hydrogens is 290 g/mol. The van der Waals surface area contributed by atoms with Crippen molar-refractivity contribution in [3.05, 3.63) is 22.7 Å². The summed E-state index contributed by atoms with van der Waals surface area (Å²) in [5.74, 6) is -0.441. The van der Waals surface area contributed by atoms with Crippen molar-refractivity contribution in [1.29, 1.82) is 0 Å². The van der Waals surface area contributed by atoms with Crippen molar-refractivity contribution >= 4 is 28.9 Å². The van der Waals surface area contributed by atoms with Crippen molar-refractivity contribution in [2.45, 2.75) is 25.3 Å². The monoisotopic (exact) mass is 311 g/mol. The van der Waals surface area contributed by atoms with E-state index in [9.17, 15) is 4.79 Å². The number of anilines is 2. The second kappa shape index (κ2) is 7.00. The molecule has 6 heteroatoms. The van der Waals surface area contributed by atoms with E-state index in [1.54, 1.807) is 12.1 Å². The minimum atomic E-state index is -0.441. The van der Waals surface area contributed by atoms with E-state index in [2.05, 4.69) is 17.3 Å². The molecule has 2 rings (SSSR count). The number of nitrogens with one attached hydrogen (secondary N) is 1. The molecule has 0 bridgehead atoms. The van der Waals surface area contributed by atoms with Crippen LogP contribution in [0, 0.1) is 0 Å². The number of nitrogen functional groups attached to an aromatic ring is 1. The summed E-state index contributed by atoms with van der Waals surface area (Å²) >= 11 is 6.23. The van der Waals surface area contributed by atoms with Gasteiger partial charge in [0, 0.05) is 18.3 Å². The molecule has 1 aliphatic rings. The number of likely N-dealkylation sites (tertiary alicyclic amines) is 1. The standard InChI is InChI=1S/C15H22ClN3O2/c1-19-6-4-3-5-11(19)9-18-14-12(15(20)21-2)7-10(17)8-13(14)16/h7-8,11,18H,3-6,9,17H2,1-2H3. The number of rotatable bonds is 4. The Morgan fingerprint density at radius 1 is 1.52 bits per heavy atom. The van der Waals surface area contributed by atoms with Crippen LogP contribution in [0.1, 0.15) is 29.6 Å². The molecule has 1 aromatic carbocycles. The molecule has 0 saturated carbocycles. The van der Waals surface area contributed by atoms with Gasteiger partial charge in [-0.1, -0.05) is 18.0 Å². The van der Waals surface area contributed by atoms with Gasteiger partial charge in [0.1, 0.15) is 0 Å². The first-order valence-corrected chi connectivity index (χ1v) is 7.52. The lowest BCUT2D eigenvalue weighted by molar-refractivity contribution is 0.0602. The first kappa shape index (κ1) is 15.9. The maximum absolute atomic E-state index is 11.9. The number of hydrogen-bond donors (Lipinski definition) is 2. The average Bonchev–Trinajstić information content (AvgIpc) is 2.46. The van der Waals surface area contributed by atoms with Gasteiger partial charge < -0.3 is 20.7 Å². The molecule has 1 fully saturated rings. The van der Waals surface area contributed by atoms with Gasteiger partial charge in [-0.05, 0) is 38.6 Å². The number of esters is 1. The summed E-state index contributed by atoms with van der Waals surface area (Å²) in [7, 11) is 3.47. The number of likely N-dealkylation sites (N-methyl/N-ethyl adjacent to an activating group) is 1. The van der Waals surface area contributed by atoms with Crippen LogP contribution >= 0.6 is 11.6 Å². The fraction of sp³-hybridized carbons (Fsp3) is 0.533. The number of carbonyl (C=O) groups is 1. The maximum atomic E-state index is 11.9. The molecule has 116 valence electrons. The fourth-order valence-electron chi connectivity index (χ4n) is 2.70. The molecule has 0 aromatic heterocycles. The second-order valence-electron chi connectivity index (χ2n) is 5.43. The quantitative estimate of drug-likeness (QED) is 0.661. The lowest BCUT2D eigenvalue weighted by Gasteiger charge is -2.33. The van der Waals surface area contributed by atoms with Gasteiger partial charge in [-0.25, -0.2) is 4.79 Å². The zero-order valence-corrected chi connectivity index (χ0v) is 13.2. The Bertz CT molecular complexity index is 522. The summed E-state index contributed by atoms with van der Waals surface area (Å²) in [6, 6.07) is 3.67. The highest BCUT2D eigenvalue weighted by molar-refractivity contribution is 6.34. The molecule has 0 radical (unpaired) electrons. The summed E-state index contributed by atoms with van der Waals surface area (Å²) in [5.41, 5.74) is 7.17. The van der Waals surface area contributed by atoms with Gasteiger partial charge in [-0.3, -0.25) is 0 Å². The molecule has 21 heavy (non-hydrogen) atoms. The van der Waals surface area contributed by atoms with E-state index in [0.717, 1.165) is 19.5 Å². The summed E-state index contributed by atoms with van der Waals surface area (Å²) in [5, 5.41) is 3.73. The minimum Gasteiger partial charge on any atom is -0.465 e. The van der Waals surface area contributed by atoms with Crippen molar-refractivity contribution in [3.8, 4) is 0 Å². The van der Waals surface area contributed by atoms with E-state index in [0.29, 0.717) is 28.0 Å². The van der Waals surface area contributed by atoms with Crippen LogP contribution in [0.2, 0.25) is 5.02 Å². The third-order valence-electron chi connectivity index (χ3n) is 3.95. The Labute approximate surface area is 130 Å². The molecule has 1 aliphatic heterocycles. The predicted molar refractivity (Wildman–Crippen MR) is 86.0 cm³/mol. The van der Waals surface area contributed by atoms with Crippen LogP contribution in [0.3, 0.4) is 0 Å². The number of piperidine rings is 1. The van der Waals surface area contributed by atoms with Crippen LogP contribution in [0.25, 0.3) is 0 Å². The number of carbonyl (C=O) groups excluding carboxylic acids is 1. The zero-order valence-electron chi connectivity index (χ0n) is 12.5. The highest BCUT2D eigenvalue weighted by Gasteiger charge is 2.21. The maximum Gasteiger partial charge on any atom is 0.340 e. The summed E-state index contributed by atoms with van der Waals surface area (Å²) < 4.78 is 4.80. The molecule has 1 aromatic rings. The molecule has 1 atom stereocenters. The lowest BCUT2D eigenvalue weighted by atomic mass is 10.0. The van der Waals surface area contributed by atoms with Gasteiger partial charge in [0.25, 0.3) is 0 Å². The molecule has 3 N–H and O–H groups in total. The van der Waals surface area contributed by atoms with Crippen molar-refractivity contribution in [2.24, 2.45) is 0 Å². The van der Waals surface area contributed by atoms with Crippen LogP contribution in [0.4, 0.5) is 11.4 Å². The number of nitrogens with zero attached hydrogens (tertiary/aromatic N) is 1.